The number of rotatable bonds is 5. The summed E-state index contributed by atoms with van der Waals surface area (Å²) < 4.78 is 7.08. The van der Waals surface area contributed by atoms with Gasteiger partial charge >= 0.3 is 5.97 Å². The molecule has 1 amide bonds. The van der Waals surface area contributed by atoms with Gasteiger partial charge in [0.05, 0.1) is 16.4 Å². The molecule has 0 bridgehead atoms. The van der Waals surface area contributed by atoms with E-state index in [-0.39, 0.29) is 24.4 Å². The van der Waals surface area contributed by atoms with E-state index in [0.717, 1.165) is 0 Å². The molecule has 0 saturated carbocycles. The van der Waals surface area contributed by atoms with Crippen LogP contribution in [0, 0.1) is 5.41 Å². The summed E-state index contributed by atoms with van der Waals surface area (Å²) in [6.45, 7) is 0.794. The fourth-order valence-electron chi connectivity index (χ4n) is 3.94. The van der Waals surface area contributed by atoms with E-state index in [0.29, 0.717) is 47.9 Å². The molecule has 7 nitrogen and oxygen atoms in total. The first kappa shape index (κ1) is 19.1. The highest BCUT2D eigenvalue weighted by atomic mass is 16.5. The lowest BCUT2D eigenvalue weighted by Gasteiger charge is -2.33. The summed E-state index contributed by atoms with van der Waals surface area (Å²) in [5, 5.41) is 13.5. The van der Waals surface area contributed by atoms with E-state index in [1.54, 1.807) is 28.8 Å². The minimum absolute atomic E-state index is 0.00644. The maximum atomic E-state index is 12.8. The van der Waals surface area contributed by atoms with Crippen molar-refractivity contribution < 1.29 is 19.4 Å². The molecule has 150 valence electrons. The molecule has 1 aromatic heterocycles. The number of nitrogens with one attached hydrogen (secondary N) is 1. The monoisotopic (exact) mass is 394 g/mol. The average molecular weight is 394 g/mol. The van der Waals surface area contributed by atoms with Crippen molar-refractivity contribution in [3.05, 3.63) is 58.8 Å². The number of pyridine rings is 1. The van der Waals surface area contributed by atoms with Crippen molar-refractivity contribution in [2.75, 3.05) is 19.8 Å². The number of carboxylic acid groups (broad SMARTS) is 1. The second-order valence-corrected chi connectivity index (χ2v) is 7.42. The first-order valence-corrected chi connectivity index (χ1v) is 9.60. The lowest BCUT2D eigenvalue weighted by atomic mass is 9.80. The van der Waals surface area contributed by atoms with Gasteiger partial charge in [-0.05, 0) is 37.1 Å². The predicted molar refractivity (Wildman–Crippen MR) is 109 cm³/mol. The second-order valence-electron chi connectivity index (χ2n) is 7.42. The third kappa shape index (κ3) is 3.49. The van der Waals surface area contributed by atoms with Crippen LogP contribution in [0.25, 0.3) is 21.8 Å². The van der Waals surface area contributed by atoms with Crippen LogP contribution in [0.4, 0.5) is 0 Å². The quantitative estimate of drug-likeness (QED) is 0.647. The molecule has 0 atom stereocenters. The molecular weight excluding hydrogens is 372 g/mol. The van der Waals surface area contributed by atoms with Crippen LogP contribution in [0.2, 0.25) is 0 Å². The molecular formula is C22H22N2O5. The summed E-state index contributed by atoms with van der Waals surface area (Å²) in [5.41, 5.74) is 0.275. The molecule has 2 N–H and O–H groups in total. The Morgan fingerprint density at radius 1 is 1.00 bits per heavy atom. The van der Waals surface area contributed by atoms with Crippen molar-refractivity contribution >= 4 is 33.7 Å². The van der Waals surface area contributed by atoms with Gasteiger partial charge in [0.1, 0.15) is 6.54 Å². The van der Waals surface area contributed by atoms with Crippen LogP contribution >= 0.6 is 0 Å². The van der Waals surface area contributed by atoms with Gasteiger partial charge in [-0.1, -0.05) is 24.3 Å². The van der Waals surface area contributed by atoms with E-state index in [2.05, 4.69) is 5.32 Å². The lowest BCUT2D eigenvalue weighted by Crippen LogP contribution is -2.47. The highest BCUT2D eigenvalue weighted by Gasteiger charge is 2.40. The van der Waals surface area contributed by atoms with E-state index in [1.807, 2.05) is 24.3 Å². The molecule has 0 radical (unpaired) electrons. The van der Waals surface area contributed by atoms with E-state index in [4.69, 9.17) is 4.74 Å². The highest BCUT2D eigenvalue weighted by molar-refractivity contribution is 5.94. The number of nitrogens with zero attached hydrogens (tertiary/aromatic N) is 1. The Morgan fingerprint density at radius 2 is 1.55 bits per heavy atom. The summed E-state index contributed by atoms with van der Waals surface area (Å²) in [4.78, 5) is 37.3. The smallest absolute Gasteiger partial charge is 0.311 e. The number of ether oxygens (including phenoxy) is 1. The summed E-state index contributed by atoms with van der Waals surface area (Å²) in [6, 6.07) is 14.4. The van der Waals surface area contributed by atoms with Crippen molar-refractivity contribution in [1.29, 1.82) is 0 Å². The fourth-order valence-corrected chi connectivity index (χ4v) is 3.94. The number of amides is 1. The fraction of sp³-hybridized carbons (Fsp3) is 0.318. The molecule has 0 unspecified atom stereocenters. The summed E-state index contributed by atoms with van der Waals surface area (Å²) >= 11 is 0. The molecule has 1 saturated heterocycles. The van der Waals surface area contributed by atoms with Crippen LogP contribution in [0.5, 0.6) is 0 Å². The molecule has 0 aliphatic carbocycles. The summed E-state index contributed by atoms with van der Waals surface area (Å²) in [5.74, 6) is -1.21. The molecule has 2 heterocycles. The number of para-hydroxylation sites is 2. The van der Waals surface area contributed by atoms with Crippen molar-refractivity contribution in [2.24, 2.45) is 5.41 Å². The SMILES string of the molecule is O=C(Cn1c2ccccc2c(=O)c2ccccc21)NCC1(C(=O)O)CCOCC1. The lowest BCUT2D eigenvalue weighted by molar-refractivity contribution is -0.154. The van der Waals surface area contributed by atoms with Crippen LogP contribution in [0.1, 0.15) is 12.8 Å². The van der Waals surface area contributed by atoms with E-state index in [9.17, 15) is 19.5 Å². The maximum Gasteiger partial charge on any atom is 0.311 e. The van der Waals surface area contributed by atoms with E-state index < -0.39 is 11.4 Å². The van der Waals surface area contributed by atoms with Gasteiger partial charge in [-0.15, -0.1) is 0 Å². The average Bonchev–Trinajstić information content (AvgIpc) is 2.76. The number of hydrogen-bond donors (Lipinski definition) is 2. The number of carbonyl (C=O) groups excluding carboxylic acids is 1. The number of aromatic nitrogens is 1. The normalized spacial score (nSPS) is 16.0. The largest absolute Gasteiger partial charge is 0.481 e. The number of fused-ring (bicyclic) bond motifs is 2. The zero-order valence-electron chi connectivity index (χ0n) is 15.9. The molecule has 29 heavy (non-hydrogen) atoms. The van der Waals surface area contributed by atoms with Crippen molar-refractivity contribution in [3.8, 4) is 0 Å². The van der Waals surface area contributed by atoms with Crippen LogP contribution < -0.4 is 10.7 Å². The molecule has 0 spiro atoms. The first-order chi connectivity index (χ1) is 14.0. The van der Waals surface area contributed by atoms with Crippen molar-refractivity contribution in [3.63, 3.8) is 0 Å². The van der Waals surface area contributed by atoms with Crippen molar-refractivity contribution in [1.82, 2.24) is 9.88 Å². The number of aliphatic carboxylic acids is 1. The Morgan fingerprint density at radius 3 is 2.10 bits per heavy atom. The third-order valence-electron chi connectivity index (χ3n) is 5.71. The molecule has 1 aliphatic rings. The second kappa shape index (κ2) is 7.67. The summed E-state index contributed by atoms with van der Waals surface area (Å²) in [7, 11) is 0. The number of carboxylic acids is 1. The topological polar surface area (TPSA) is 97.6 Å². The number of carbonyl (C=O) groups is 2. The van der Waals surface area contributed by atoms with E-state index >= 15 is 0 Å². The van der Waals surface area contributed by atoms with Gasteiger partial charge in [-0.3, -0.25) is 14.4 Å². The van der Waals surface area contributed by atoms with Crippen molar-refractivity contribution in [2.45, 2.75) is 19.4 Å². The molecule has 4 rings (SSSR count). The Labute approximate surface area is 166 Å². The predicted octanol–water partition coefficient (Wildman–Crippen LogP) is 2.15. The van der Waals surface area contributed by atoms with Gasteiger partial charge in [0.2, 0.25) is 5.91 Å². The standard InChI is InChI=1S/C22H22N2O5/c25-19(23-14-22(21(27)28)9-11-29-12-10-22)13-24-17-7-3-1-5-15(17)20(26)16-6-2-4-8-18(16)24/h1-8H,9-14H2,(H,23,25)(H,27,28). The van der Waals surface area contributed by atoms with Crippen LogP contribution in [-0.2, 0) is 20.9 Å². The Bertz CT molecular complexity index is 1080. The molecule has 1 fully saturated rings. The van der Waals surface area contributed by atoms with Crippen LogP contribution in [-0.4, -0.2) is 41.3 Å². The zero-order chi connectivity index (χ0) is 20.4. The third-order valence-corrected chi connectivity index (χ3v) is 5.71. The van der Waals surface area contributed by atoms with Gasteiger partial charge in [-0.25, -0.2) is 0 Å². The molecule has 2 aromatic carbocycles. The number of hydrogen-bond acceptors (Lipinski definition) is 4. The van der Waals surface area contributed by atoms with Gasteiger partial charge in [0, 0.05) is 30.5 Å². The Kier molecular flexibility index (Phi) is 5.07. The van der Waals surface area contributed by atoms with Gasteiger partial charge in [-0.2, -0.15) is 0 Å². The van der Waals surface area contributed by atoms with Gasteiger partial charge < -0.3 is 19.7 Å². The van der Waals surface area contributed by atoms with Crippen LogP contribution in [0.15, 0.2) is 53.3 Å². The molecule has 1 aliphatic heterocycles. The van der Waals surface area contributed by atoms with Crippen LogP contribution in [0.3, 0.4) is 0 Å². The molecule has 7 heteroatoms. The Balaban J connectivity index is 1.65. The maximum absolute atomic E-state index is 12.8. The minimum Gasteiger partial charge on any atom is -0.481 e. The van der Waals surface area contributed by atoms with Gasteiger partial charge in [0.25, 0.3) is 0 Å². The van der Waals surface area contributed by atoms with Gasteiger partial charge in [0.15, 0.2) is 5.43 Å². The zero-order valence-corrected chi connectivity index (χ0v) is 15.9. The first-order valence-electron chi connectivity index (χ1n) is 9.60. The summed E-state index contributed by atoms with van der Waals surface area (Å²) in [6.07, 6.45) is 0.735. The molecule has 3 aromatic rings. The number of benzene rings is 2. The Hall–Kier alpha value is -3.19. The minimum atomic E-state index is -0.998. The highest BCUT2D eigenvalue weighted by Crippen LogP contribution is 2.30. The van der Waals surface area contributed by atoms with E-state index in [1.165, 1.54) is 0 Å².